The molecule has 4 fully saturated rings. The zero-order valence-corrected chi connectivity index (χ0v) is 22.6. The molecule has 0 radical (unpaired) electrons. The van der Waals surface area contributed by atoms with Crippen molar-refractivity contribution in [2.24, 2.45) is 11.8 Å². The third kappa shape index (κ3) is 5.19. The highest BCUT2D eigenvalue weighted by Crippen LogP contribution is 2.44. The Kier molecular flexibility index (Phi) is 7.67. The first kappa shape index (κ1) is 26.3. The molecule has 198 valence electrons. The maximum atomic E-state index is 12.2. The lowest BCUT2D eigenvalue weighted by Gasteiger charge is -2.51. The summed E-state index contributed by atoms with van der Waals surface area (Å²) >= 11 is 0. The number of hydrogen-bond donors (Lipinski definition) is 1. The molecular weight excluding hydrogens is 484 g/mol. The van der Waals surface area contributed by atoms with Crippen LogP contribution in [0.5, 0.6) is 5.75 Å². The second-order valence-electron chi connectivity index (χ2n) is 11.6. The van der Waals surface area contributed by atoms with E-state index in [1.54, 1.807) is 0 Å². The van der Waals surface area contributed by atoms with Crippen molar-refractivity contribution < 1.29 is 31.3 Å². The van der Waals surface area contributed by atoms with Gasteiger partial charge in [0.05, 0.1) is 13.1 Å². The summed E-state index contributed by atoms with van der Waals surface area (Å²) in [6, 6.07) is 20.5. The number of aryl methyl sites for hydroxylation is 1. The van der Waals surface area contributed by atoms with Crippen LogP contribution in [0.15, 0.2) is 65.2 Å². The predicted molar refractivity (Wildman–Crippen MR) is 139 cm³/mol. The van der Waals surface area contributed by atoms with Crippen LogP contribution < -0.4 is 17.1 Å². The normalized spacial score (nSPS) is 27.3. The van der Waals surface area contributed by atoms with Crippen LogP contribution in [-0.4, -0.2) is 40.5 Å². The monoisotopic (exact) mass is 522 g/mol. The fraction of sp³-hybridized carbons (Fsp3) is 0.516. The van der Waals surface area contributed by atoms with Crippen LogP contribution in [0.3, 0.4) is 0 Å². The Hall–Kier alpha value is -2.34. The van der Waals surface area contributed by atoms with Gasteiger partial charge >= 0.3 is 0 Å². The Labute approximate surface area is 226 Å². The van der Waals surface area contributed by atoms with Crippen LogP contribution in [0.25, 0.3) is 0 Å². The van der Waals surface area contributed by atoms with Crippen molar-refractivity contribution in [1.82, 2.24) is 5.16 Å². The topological polar surface area (TPSA) is 55.5 Å². The van der Waals surface area contributed by atoms with E-state index in [1.807, 2.05) is 36.4 Å². The molecular formula is C31H39ClN2O3. The van der Waals surface area contributed by atoms with Crippen molar-refractivity contribution in [2.75, 3.05) is 19.6 Å². The maximum absolute atomic E-state index is 12.2. The van der Waals surface area contributed by atoms with Crippen LogP contribution in [0, 0.1) is 18.8 Å². The maximum Gasteiger partial charge on any atom is 0.191 e. The average molecular weight is 523 g/mol. The first-order valence-corrected chi connectivity index (χ1v) is 13.9. The molecule has 4 heterocycles. The van der Waals surface area contributed by atoms with Crippen molar-refractivity contribution in [2.45, 2.75) is 70.1 Å². The number of ether oxygens (including phenoxy) is 1. The largest absolute Gasteiger partial charge is 1.00 e. The van der Waals surface area contributed by atoms with Gasteiger partial charge in [-0.05, 0) is 48.9 Å². The molecule has 3 saturated heterocycles. The van der Waals surface area contributed by atoms with Gasteiger partial charge in [-0.1, -0.05) is 66.9 Å². The smallest absolute Gasteiger partial charge is 0.191 e. The third-order valence-electron chi connectivity index (χ3n) is 9.17. The number of aliphatic hydroxyl groups is 1. The summed E-state index contributed by atoms with van der Waals surface area (Å²) in [6.45, 7) is 6.23. The summed E-state index contributed by atoms with van der Waals surface area (Å²) in [6.07, 6.45) is 8.22. The van der Waals surface area contributed by atoms with Crippen molar-refractivity contribution in [3.63, 3.8) is 0 Å². The van der Waals surface area contributed by atoms with E-state index in [4.69, 9.17) is 9.26 Å². The minimum atomic E-state index is -1.10. The van der Waals surface area contributed by atoms with Gasteiger partial charge in [0.25, 0.3) is 0 Å². The number of halogens is 1. The molecule has 1 aliphatic carbocycles. The molecule has 1 N–H and O–H groups in total. The quantitative estimate of drug-likeness (QED) is 0.485. The van der Waals surface area contributed by atoms with Gasteiger partial charge in [-0.3, -0.25) is 0 Å². The Balaban J connectivity index is 0.00000280. The van der Waals surface area contributed by atoms with Gasteiger partial charge in [0.1, 0.15) is 30.1 Å². The zero-order chi connectivity index (χ0) is 24.6. The summed E-state index contributed by atoms with van der Waals surface area (Å²) in [5.41, 5.74) is 1.73. The molecule has 1 saturated carbocycles. The summed E-state index contributed by atoms with van der Waals surface area (Å²) in [5.74, 6) is 2.65. The lowest BCUT2D eigenvalue weighted by atomic mass is 9.71. The summed E-state index contributed by atoms with van der Waals surface area (Å²) in [5, 5.41) is 16.7. The molecule has 0 unspecified atom stereocenters. The van der Waals surface area contributed by atoms with E-state index in [0.717, 1.165) is 73.4 Å². The van der Waals surface area contributed by atoms with Gasteiger partial charge in [0.2, 0.25) is 0 Å². The number of aromatic nitrogens is 1. The van der Waals surface area contributed by atoms with Gasteiger partial charge in [0, 0.05) is 24.8 Å². The van der Waals surface area contributed by atoms with Gasteiger partial charge in [-0.15, -0.1) is 0 Å². The van der Waals surface area contributed by atoms with Crippen LogP contribution in [-0.2, 0) is 12.1 Å². The molecule has 0 spiro atoms. The summed E-state index contributed by atoms with van der Waals surface area (Å²) in [4.78, 5) is 0. The van der Waals surface area contributed by atoms with Gasteiger partial charge in [0.15, 0.2) is 11.9 Å². The van der Waals surface area contributed by atoms with E-state index in [9.17, 15) is 5.11 Å². The van der Waals surface area contributed by atoms with Crippen molar-refractivity contribution in [3.8, 4) is 5.75 Å². The van der Waals surface area contributed by atoms with Crippen LogP contribution in [0.2, 0.25) is 0 Å². The second-order valence-corrected chi connectivity index (χ2v) is 11.6. The Morgan fingerprint density at radius 3 is 2.46 bits per heavy atom. The SMILES string of the molecule is Cc1cccc(O[C@H]2C[N+]3(Cc4cc([C@](O)(c5ccccc5)C5CCCCC5)no4)CCC2CC3)c1.[Cl-]. The van der Waals surface area contributed by atoms with E-state index >= 15 is 0 Å². The van der Waals surface area contributed by atoms with E-state index in [2.05, 4.69) is 36.3 Å². The molecule has 3 aromatic rings. The molecule has 4 aliphatic rings. The lowest BCUT2D eigenvalue weighted by Crippen LogP contribution is -3.00. The number of fused-ring (bicyclic) bond motifs is 3. The van der Waals surface area contributed by atoms with E-state index < -0.39 is 5.60 Å². The lowest BCUT2D eigenvalue weighted by molar-refractivity contribution is -0.959. The number of benzene rings is 2. The minimum absolute atomic E-state index is 0. The van der Waals surface area contributed by atoms with Crippen LogP contribution in [0.4, 0.5) is 0 Å². The predicted octanol–water partition coefficient (Wildman–Crippen LogP) is 2.99. The van der Waals surface area contributed by atoms with Gasteiger partial charge in [-0.2, -0.15) is 0 Å². The number of quaternary nitrogens is 1. The number of rotatable bonds is 7. The molecule has 3 aliphatic heterocycles. The van der Waals surface area contributed by atoms with E-state index in [1.165, 1.54) is 24.8 Å². The van der Waals surface area contributed by atoms with Crippen LogP contribution in [0.1, 0.15) is 67.5 Å². The second kappa shape index (κ2) is 10.8. The highest BCUT2D eigenvalue weighted by Gasteiger charge is 2.48. The molecule has 2 aromatic carbocycles. The first-order valence-electron chi connectivity index (χ1n) is 13.9. The summed E-state index contributed by atoms with van der Waals surface area (Å²) in [7, 11) is 0. The molecule has 2 atom stereocenters. The Bertz CT molecular complexity index is 1170. The van der Waals surface area contributed by atoms with Crippen molar-refractivity contribution in [3.05, 3.63) is 83.2 Å². The number of hydrogen-bond acceptors (Lipinski definition) is 4. The Morgan fingerprint density at radius 1 is 0.973 bits per heavy atom. The van der Waals surface area contributed by atoms with Gasteiger partial charge < -0.3 is 31.3 Å². The molecule has 6 heteroatoms. The standard InChI is InChI=1S/C31H39N2O3.ClH/c1-23-9-8-14-27(19-23)35-29-22-33(17-15-24(29)16-18-33)21-28-20-30(32-36-28)31(34,25-10-4-2-5-11-25)26-12-6-3-7-13-26;/h2,4-5,8-11,14,19-20,24,26,29,34H,3,6-7,12-13,15-18,21-22H2,1H3;1H/q+1;/p-1/t24?,29-,31-,33?;/m0./s1. The fourth-order valence-corrected chi connectivity index (χ4v) is 7.14. The number of piperidine rings is 3. The van der Waals surface area contributed by atoms with Crippen molar-refractivity contribution in [1.29, 1.82) is 0 Å². The molecule has 0 amide bonds. The summed E-state index contributed by atoms with van der Waals surface area (Å²) < 4.78 is 13.5. The molecule has 37 heavy (non-hydrogen) atoms. The van der Waals surface area contributed by atoms with Gasteiger partial charge in [-0.25, -0.2) is 0 Å². The Morgan fingerprint density at radius 2 is 1.73 bits per heavy atom. The average Bonchev–Trinajstić information content (AvgIpc) is 3.38. The molecule has 1 aromatic heterocycles. The highest BCUT2D eigenvalue weighted by molar-refractivity contribution is 5.33. The van der Waals surface area contributed by atoms with E-state index in [-0.39, 0.29) is 24.4 Å². The molecule has 7 rings (SSSR count). The number of nitrogens with zero attached hydrogens (tertiary/aromatic N) is 2. The first-order chi connectivity index (χ1) is 17.5. The fourth-order valence-electron chi connectivity index (χ4n) is 7.14. The van der Waals surface area contributed by atoms with Crippen molar-refractivity contribution >= 4 is 0 Å². The van der Waals surface area contributed by atoms with Crippen LogP contribution >= 0.6 is 0 Å². The third-order valence-corrected chi connectivity index (χ3v) is 9.17. The molecule has 5 nitrogen and oxygen atoms in total. The highest BCUT2D eigenvalue weighted by atomic mass is 35.5. The molecule has 2 bridgehead atoms. The van der Waals surface area contributed by atoms with E-state index in [0.29, 0.717) is 11.6 Å². The minimum Gasteiger partial charge on any atom is -1.00 e. The zero-order valence-electron chi connectivity index (χ0n) is 21.8.